The Labute approximate surface area is 126 Å². The Kier molecular flexibility index (Phi) is 4.76. The van der Waals surface area contributed by atoms with Crippen LogP contribution in [0.15, 0.2) is 4.99 Å². The van der Waals surface area contributed by atoms with Gasteiger partial charge < -0.3 is 35.7 Å². The highest BCUT2D eigenvalue weighted by Crippen LogP contribution is 2.33. The Bertz CT molecular complexity index is 572. The molecule has 0 aromatic carbocycles. The molecular weight excluding hydrogens is 294 g/mol. The molecule has 0 spiro atoms. The minimum absolute atomic E-state index is 0.0363. The Balaban J connectivity index is 2.33. The number of nitrogens with one attached hydrogen (secondary N) is 1. The number of aromatic nitrogens is 2. The lowest BCUT2D eigenvalue weighted by Gasteiger charge is -2.11. The molecule has 1 aromatic rings. The molecule has 1 amide bonds. The number of carbonyl (C=O) groups is 1. The first-order valence-electron chi connectivity index (χ1n) is 6.58. The van der Waals surface area contributed by atoms with Gasteiger partial charge in [-0.2, -0.15) is 0 Å². The lowest BCUT2D eigenvalue weighted by Crippen LogP contribution is -2.32. The fraction of sp³-hybridized carbons (Fsp3) is 0.583. The normalized spacial score (nSPS) is 28.4. The number of hydrogen-bond donors (Lipinski definition) is 5. The number of carbonyl (C=O) groups excluding carboxylic acids is 1. The van der Waals surface area contributed by atoms with Crippen LogP contribution < -0.4 is 5.73 Å². The first-order valence-corrected chi connectivity index (χ1v) is 6.58. The molecule has 22 heavy (non-hydrogen) atoms. The van der Waals surface area contributed by atoms with Crippen molar-refractivity contribution in [1.82, 2.24) is 14.9 Å². The first kappa shape index (κ1) is 16.4. The van der Waals surface area contributed by atoms with Gasteiger partial charge in [0, 0.05) is 14.1 Å². The smallest absolute Gasteiger partial charge is 0.269 e. The average molecular weight is 313 g/mol. The number of H-pyrrole nitrogens is 1. The van der Waals surface area contributed by atoms with Crippen molar-refractivity contribution in [3.63, 3.8) is 0 Å². The molecule has 2 rings (SSSR count). The van der Waals surface area contributed by atoms with E-state index in [2.05, 4.69) is 15.0 Å². The van der Waals surface area contributed by atoms with Gasteiger partial charge >= 0.3 is 0 Å². The van der Waals surface area contributed by atoms with Gasteiger partial charge in [-0.1, -0.05) is 0 Å². The summed E-state index contributed by atoms with van der Waals surface area (Å²) in [6.07, 6.45) is -3.08. The standard InChI is InChI=1S/C12H19N5O5/c1-17(2)4-14-11-6(10(13)21)15-12(16-11)9-8(20)7(19)5(3-18)22-9/h4-5,7-9,18-20H,3H2,1-2H3,(H2,13,21)(H,15,16)/t5-,7-,8-,9-/m1/s1. The van der Waals surface area contributed by atoms with Crippen LogP contribution in [0.25, 0.3) is 0 Å². The molecule has 1 saturated heterocycles. The third-order valence-electron chi connectivity index (χ3n) is 3.17. The molecule has 0 saturated carbocycles. The van der Waals surface area contributed by atoms with E-state index in [1.807, 2.05) is 0 Å². The number of amides is 1. The van der Waals surface area contributed by atoms with E-state index >= 15 is 0 Å². The van der Waals surface area contributed by atoms with Crippen molar-refractivity contribution in [2.75, 3.05) is 20.7 Å². The number of rotatable bonds is 5. The van der Waals surface area contributed by atoms with Crippen molar-refractivity contribution in [3.05, 3.63) is 11.5 Å². The van der Waals surface area contributed by atoms with Gasteiger partial charge in [0.05, 0.1) is 12.9 Å². The largest absolute Gasteiger partial charge is 0.394 e. The molecule has 10 nitrogen and oxygen atoms in total. The lowest BCUT2D eigenvalue weighted by molar-refractivity contribution is -0.0250. The van der Waals surface area contributed by atoms with Gasteiger partial charge in [0.15, 0.2) is 11.5 Å². The third-order valence-corrected chi connectivity index (χ3v) is 3.17. The van der Waals surface area contributed by atoms with Crippen LogP contribution in [-0.2, 0) is 4.74 Å². The van der Waals surface area contributed by atoms with Crippen molar-refractivity contribution in [1.29, 1.82) is 0 Å². The summed E-state index contributed by atoms with van der Waals surface area (Å²) in [5.74, 6) is -0.618. The highest BCUT2D eigenvalue weighted by atomic mass is 16.6. The summed E-state index contributed by atoms with van der Waals surface area (Å²) in [4.78, 5) is 23.8. The SMILES string of the molecule is CN(C)C=Nc1nc([C@@H]2O[C@H](CO)[C@@H](O)[C@H]2O)[nH]c1C(N)=O. The number of nitrogens with two attached hydrogens (primary N) is 1. The predicted octanol–water partition coefficient (Wildman–Crippen LogP) is -2.12. The van der Waals surface area contributed by atoms with E-state index in [1.165, 1.54) is 6.34 Å². The van der Waals surface area contributed by atoms with Crippen molar-refractivity contribution in [2.24, 2.45) is 10.7 Å². The fourth-order valence-corrected chi connectivity index (χ4v) is 2.08. The van der Waals surface area contributed by atoms with Crippen LogP contribution in [0.5, 0.6) is 0 Å². The summed E-state index contributed by atoms with van der Waals surface area (Å²) in [6.45, 7) is -0.455. The van der Waals surface area contributed by atoms with Crippen LogP contribution in [0.3, 0.4) is 0 Å². The highest BCUT2D eigenvalue weighted by Gasteiger charge is 2.44. The van der Waals surface area contributed by atoms with Crippen molar-refractivity contribution >= 4 is 18.1 Å². The third kappa shape index (κ3) is 3.09. The maximum absolute atomic E-state index is 11.4. The Morgan fingerprint density at radius 1 is 1.50 bits per heavy atom. The minimum Gasteiger partial charge on any atom is -0.394 e. The first-order chi connectivity index (χ1) is 10.3. The summed E-state index contributed by atoms with van der Waals surface area (Å²) in [7, 11) is 3.49. The molecule has 0 radical (unpaired) electrons. The molecule has 10 heteroatoms. The van der Waals surface area contributed by atoms with Gasteiger partial charge in [0.2, 0.25) is 0 Å². The molecule has 122 valence electrons. The summed E-state index contributed by atoms with van der Waals surface area (Å²) in [5.41, 5.74) is 5.22. The van der Waals surface area contributed by atoms with Gasteiger partial charge in [0.25, 0.3) is 5.91 Å². The Morgan fingerprint density at radius 3 is 2.68 bits per heavy atom. The molecule has 0 aliphatic carbocycles. The fourth-order valence-electron chi connectivity index (χ4n) is 2.08. The lowest BCUT2D eigenvalue weighted by atomic mass is 10.1. The Morgan fingerprint density at radius 2 is 2.18 bits per heavy atom. The monoisotopic (exact) mass is 313 g/mol. The summed E-state index contributed by atoms with van der Waals surface area (Å²) in [6, 6.07) is 0. The Hall–Kier alpha value is -2.01. The maximum Gasteiger partial charge on any atom is 0.269 e. The van der Waals surface area contributed by atoms with Crippen molar-refractivity contribution < 1.29 is 24.9 Å². The van der Waals surface area contributed by atoms with Crippen LogP contribution in [0.1, 0.15) is 22.4 Å². The number of aliphatic hydroxyl groups is 3. The van der Waals surface area contributed by atoms with Gasteiger partial charge in [0.1, 0.15) is 30.2 Å². The van der Waals surface area contributed by atoms with E-state index in [0.717, 1.165) is 0 Å². The molecule has 0 bridgehead atoms. The number of imidazole rings is 1. The second-order valence-electron chi connectivity index (χ2n) is 5.15. The van der Waals surface area contributed by atoms with Gasteiger partial charge in [-0.3, -0.25) is 4.79 Å². The van der Waals surface area contributed by atoms with Gasteiger partial charge in [-0.25, -0.2) is 9.98 Å². The van der Waals surface area contributed by atoms with Crippen LogP contribution in [0, 0.1) is 0 Å². The number of hydrogen-bond acceptors (Lipinski definition) is 7. The van der Waals surface area contributed by atoms with E-state index < -0.39 is 36.9 Å². The highest BCUT2D eigenvalue weighted by molar-refractivity contribution is 5.95. The molecule has 1 aliphatic heterocycles. The second-order valence-corrected chi connectivity index (χ2v) is 5.15. The number of aliphatic hydroxyl groups excluding tert-OH is 3. The number of aromatic amines is 1. The zero-order valence-electron chi connectivity index (χ0n) is 12.2. The van der Waals surface area contributed by atoms with Gasteiger partial charge in [-0.15, -0.1) is 0 Å². The predicted molar refractivity (Wildman–Crippen MR) is 75.7 cm³/mol. The maximum atomic E-state index is 11.4. The molecule has 2 heterocycles. The molecule has 1 fully saturated rings. The number of nitrogens with zero attached hydrogens (tertiary/aromatic N) is 3. The summed E-state index contributed by atoms with van der Waals surface area (Å²) in [5, 5.41) is 28.8. The summed E-state index contributed by atoms with van der Waals surface area (Å²) >= 11 is 0. The number of primary amides is 1. The van der Waals surface area contributed by atoms with E-state index in [-0.39, 0.29) is 17.3 Å². The van der Waals surface area contributed by atoms with E-state index in [1.54, 1.807) is 19.0 Å². The van der Waals surface area contributed by atoms with Crippen molar-refractivity contribution in [3.8, 4) is 0 Å². The minimum atomic E-state index is -1.30. The van der Waals surface area contributed by atoms with Crippen molar-refractivity contribution in [2.45, 2.75) is 24.4 Å². The van der Waals surface area contributed by atoms with Gasteiger partial charge in [-0.05, 0) is 0 Å². The molecule has 1 aromatic heterocycles. The van der Waals surface area contributed by atoms with Crippen LogP contribution in [0.4, 0.5) is 5.82 Å². The zero-order valence-corrected chi connectivity index (χ0v) is 12.2. The number of ether oxygens (including phenoxy) is 1. The zero-order chi connectivity index (χ0) is 16.4. The molecular formula is C12H19N5O5. The number of aliphatic imine (C=N–C) groups is 1. The van der Waals surface area contributed by atoms with Crippen LogP contribution >= 0.6 is 0 Å². The second kappa shape index (κ2) is 6.40. The van der Waals surface area contributed by atoms with E-state index in [9.17, 15) is 15.0 Å². The molecule has 6 N–H and O–H groups in total. The quantitative estimate of drug-likeness (QED) is 0.307. The molecule has 4 atom stereocenters. The van der Waals surface area contributed by atoms with E-state index in [4.69, 9.17) is 15.6 Å². The molecule has 0 unspecified atom stereocenters. The van der Waals surface area contributed by atoms with Crippen LogP contribution in [-0.4, -0.2) is 81.4 Å². The van der Waals surface area contributed by atoms with Crippen LogP contribution in [0.2, 0.25) is 0 Å². The van der Waals surface area contributed by atoms with E-state index in [0.29, 0.717) is 0 Å². The summed E-state index contributed by atoms with van der Waals surface area (Å²) < 4.78 is 5.34. The molecule has 1 aliphatic rings. The average Bonchev–Trinajstić information content (AvgIpc) is 3.00. The topological polar surface area (TPSA) is 157 Å².